The number of halogens is 1. The van der Waals surface area contributed by atoms with E-state index in [4.69, 9.17) is 16.3 Å². The van der Waals surface area contributed by atoms with Crippen LogP contribution in [-0.4, -0.2) is 11.4 Å². The molecule has 0 heterocycles. The van der Waals surface area contributed by atoms with E-state index in [0.717, 1.165) is 34.0 Å². The summed E-state index contributed by atoms with van der Waals surface area (Å²) in [6, 6.07) is 25.1. The third-order valence-electron chi connectivity index (χ3n) is 3.86. The third-order valence-corrected chi connectivity index (χ3v) is 4.11. The van der Waals surface area contributed by atoms with Crippen molar-refractivity contribution in [1.29, 1.82) is 0 Å². The molecule has 0 unspecified atom stereocenters. The van der Waals surface area contributed by atoms with Gasteiger partial charge in [0, 0.05) is 5.02 Å². The van der Waals surface area contributed by atoms with Gasteiger partial charge in [-0.05, 0) is 73.5 Å². The second-order valence-corrected chi connectivity index (χ2v) is 6.25. The fraction of sp³-hybridized carbons (Fsp3) is 0.0909. The molecule has 0 N–H and O–H groups in total. The van der Waals surface area contributed by atoms with Crippen LogP contribution in [0, 0.1) is 0 Å². The van der Waals surface area contributed by atoms with E-state index in [2.05, 4.69) is 10.2 Å². The molecule has 4 heteroatoms. The quantitative estimate of drug-likeness (QED) is 0.383. The largest absolute Gasteiger partial charge is 0.457 e. The highest BCUT2D eigenvalue weighted by Crippen LogP contribution is 2.21. The smallest absolute Gasteiger partial charge is 0.127 e. The average Bonchev–Trinajstić information content (AvgIpc) is 2.68. The Morgan fingerprint density at radius 3 is 1.65 bits per heavy atom. The van der Waals surface area contributed by atoms with Crippen LogP contribution < -0.4 is 4.74 Å². The van der Waals surface area contributed by atoms with E-state index in [9.17, 15) is 0 Å². The lowest BCUT2D eigenvalue weighted by Crippen LogP contribution is -1.97. The summed E-state index contributed by atoms with van der Waals surface area (Å²) in [6.45, 7) is 3.86. The Bertz CT molecular complexity index is 915. The topological polar surface area (TPSA) is 34.0 Å². The summed E-state index contributed by atoms with van der Waals surface area (Å²) in [6.07, 6.45) is 0. The molecule has 0 saturated carbocycles. The van der Waals surface area contributed by atoms with Gasteiger partial charge in [-0.1, -0.05) is 41.9 Å². The molecule has 3 aromatic rings. The van der Waals surface area contributed by atoms with Crippen LogP contribution in [0.3, 0.4) is 0 Å². The van der Waals surface area contributed by atoms with Gasteiger partial charge in [0.2, 0.25) is 0 Å². The predicted octanol–water partition coefficient (Wildman–Crippen LogP) is 6.37. The summed E-state index contributed by atoms with van der Waals surface area (Å²) < 4.78 is 5.80. The molecule has 0 aliphatic rings. The van der Waals surface area contributed by atoms with E-state index < -0.39 is 0 Å². The number of rotatable bonds is 5. The van der Waals surface area contributed by atoms with Gasteiger partial charge in [0.05, 0.1) is 11.4 Å². The fourth-order valence-electron chi connectivity index (χ4n) is 2.35. The van der Waals surface area contributed by atoms with Crippen LogP contribution in [0.15, 0.2) is 89.1 Å². The second kappa shape index (κ2) is 8.45. The highest BCUT2D eigenvalue weighted by atomic mass is 35.5. The minimum absolute atomic E-state index is 0.707. The molecule has 130 valence electrons. The molecule has 0 saturated heterocycles. The Kier molecular flexibility index (Phi) is 5.82. The summed E-state index contributed by atoms with van der Waals surface area (Å²) in [4.78, 5) is 0. The maximum Gasteiger partial charge on any atom is 0.127 e. The van der Waals surface area contributed by atoms with Gasteiger partial charge in [-0.2, -0.15) is 10.2 Å². The van der Waals surface area contributed by atoms with Crippen LogP contribution in [-0.2, 0) is 0 Å². The second-order valence-electron chi connectivity index (χ2n) is 5.82. The monoisotopic (exact) mass is 362 g/mol. The number of benzene rings is 3. The van der Waals surface area contributed by atoms with Gasteiger partial charge in [-0.15, -0.1) is 0 Å². The van der Waals surface area contributed by atoms with Crippen LogP contribution in [0.25, 0.3) is 0 Å². The van der Waals surface area contributed by atoms with Crippen molar-refractivity contribution in [2.75, 3.05) is 0 Å². The zero-order valence-corrected chi connectivity index (χ0v) is 15.4. The molecule has 0 aliphatic heterocycles. The molecule has 3 aromatic carbocycles. The minimum atomic E-state index is 0.707. The van der Waals surface area contributed by atoms with Crippen LogP contribution in [0.5, 0.6) is 11.5 Å². The van der Waals surface area contributed by atoms with Crippen molar-refractivity contribution >= 4 is 23.0 Å². The summed E-state index contributed by atoms with van der Waals surface area (Å²) in [7, 11) is 0. The first-order chi connectivity index (χ1) is 12.6. The number of hydrogen-bond acceptors (Lipinski definition) is 3. The van der Waals surface area contributed by atoms with E-state index in [1.54, 1.807) is 0 Å². The molecule has 0 atom stereocenters. The molecule has 0 aromatic heterocycles. The van der Waals surface area contributed by atoms with E-state index in [1.807, 2.05) is 92.7 Å². The highest BCUT2D eigenvalue weighted by molar-refractivity contribution is 6.30. The van der Waals surface area contributed by atoms with Gasteiger partial charge >= 0.3 is 0 Å². The summed E-state index contributed by atoms with van der Waals surface area (Å²) in [5.41, 5.74) is 3.67. The summed E-state index contributed by atoms with van der Waals surface area (Å²) in [5, 5.41) is 9.37. The van der Waals surface area contributed by atoms with E-state index >= 15 is 0 Å². The van der Waals surface area contributed by atoms with E-state index in [-0.39, 0.29) is 0 Å². The van der Waals surface area contributed by atoms with Crippen LogP contribution in [0.4, 0.5) is 0 Å². The van der Waals surface area contributed by atoms with Crippen molar-refractivity contribution in [1.82, 2.24) is 0 Å². The lowest BCUT2D eigenvalue weighted by atomic mass is 10.1. The first-order valence-corrected chi connectivity index (χ1v) is 8.68. The molecule has 3 rings (SSSR count). The van der Waals surface area contributed by atoms with Gasteiger partial charge in [-0.25, -0.2) is 0 Å². The zero-order chi connectivity index (χ0) is 18.4. The van der Waals surface area contributed by atoms with Gasteiger partial charge in [-0.3, -0.25) is 0 Å². The van der Waals surface area contributed by atoms with Crippen molar-refractivity contribution in [3.8, 4) is 11.5 Å². The lowest BCUT2D eigenvalue weighted by Gasteiger charge is -2.06. The van der Waals surface area contributed by atoms with Crippen molar-refractivity contribution in [3.63, 3.8) is 0 Å². The number of hydrogen-bond donors (Lipinski definition) is 0. The Hall–Kier alpha value is -2.91. The number of para-hydroxylation sites is 1. The van der Waals surface area contributed by atoms with Crippen molar-refractivity contribution in [2.45, 2.75) is 13.8 Å². The Labute approximate surface area is 158 Å². The number of nitrogens with zero attached hydrogens (tertiary/aromatic N) is 2. The average molecular weight is 363 g/mol. The highest BCUT2D eigenvalue weighted by Gasteiger charge is 2.01. The Morgan fingerprint density at radius 2 is 1.12 bits per heavy atom. The predicted molar refractivity (Wildman–Crippen MR) is 109 cm³/mol. The van der Waals surface area contributed by atoms with Crippen LogP contribution >= 0.6 is 11.6 Å². The summed E-state index contributed by atoms with van der Waals surface area (Å²) >= 11 is 5.91. The van der Waals surface area contributed by atoms with Crippen molar-refractivity contribution in [2.24, 2.45) is 10.2 Å². The van der Waals surface area contributed by atoms with Gasteiger partial charge in [0.1, 0.15) is 11.5 Å². The zero-order valence-electron chi connectivity index (χ0n) is 14.7. The Balaban J connectivity index is 1.70. The third kappa shape index (κ3) is 4.80. The maximum absolute atomic E-state index is 5.91. The molecule has 26 heavy (non-hydrogen) atoms. The molecule has 0 spiro atoms. The Morgan fingerprint density at radius 1 is 0.654 bits per heavy atom. The van der Waals surface area contributed by atoms with Gasteiger partial charge in [0.15, 0.2) is 0 Å². The van der Waals surface area contributed by atoms with Crippen LogP contribution in [0.2, 0.25) is 5.02 Å². The van der Waals surface area contributed by atoms with Gasteiger partial charge < -0.3 is 4.74 Å². The van der Waals surface area contributed by atoms with Crippen molar-refractivity contribution in [3.05, 3.63) is 95.0 Å². The molecule has 0 radical (unpaired) electrons. The summed E-state index contributed by atoms with van der Waals surface area (Å²) in [5.74, 6) is 1.60. The first-order valence-electron chi connectivity index (χ1n) is 8.30. The molecule has 3 nitrogen and oxygen atoms in total. The molecular formula is C22H19ClN2O. The molecule has 0 amide bonds. The molecule has 0 fully saturated rings. The first kappa shape index (κ1) is 17.9. The van der Waals surface area contributed by atoms with Gasteiger partial charge in [0.25, 0.3) is 0 Å². The normalized spacial score (nSPS) is 12.1. The lowest BCUT2D eigenvalue weighted by molar-refractivity contribution is 0.482. The minimum Gasteiger partial charge on any atom is -0.457 e. The van der Waals surface area contributed by atoms with E-state index in [0.29, 0.717) is 5.02 Å². The molecule has 0 bridgehead atoms. The maximum atomic E-state index is 5.91. The van der Waals surface area contributed by atoms with Crippen LogP contribution in [0.1, 0.15) is 25.0 Å². The standard InChI is InChI=1S/C22H19ClN2O/c1-16(18-8-12-20(23)13-9-18)24-25-17(2)19-10-14-22(15-11-19)26-21-6-4-3-5-7-21/h3-15H,1-2H3/b24-16+,25-17+. The number of ether oxygens (including phenoxy) is 1. The van der Waals surface area contributed by atoms with Crippen molar-refractivity contribution < 1.29 is 4.74 Å². The molecular weight excluding hydrogens is 344 g/mol. The van der Waals surface area contributed by atoms with E-state index in [1.165, 1.54) is 0 Å². The SMILES string of the molecule is C/C(=N\N=C(/C)c1ccc(Oc2ccccc2)cc1)c1ccc(Cl)cc1. The fourth-order valence-corrected chi connectivity index (χ4v) is 2.47. The molecule has 0 aliphatic carbocycles.